The maximum absolute atomic E-state index is 12.1. The van der Waals surface area contributed by atoms with Crippen LogP contribution in [-0.4, -0.2) is 40.5 Å². The van der Waals surface area contributed by atoms with Crippen LogP contribution in [0.2, 0.25) is 0 Å². The third kappa shape index (κ3) is 4.04. The molecule has 2 rings (SSSR count). The van der Waals surface area contributed by atoms with Crippen molar-refractivity contribution in [2.75, 3.05) is 18.6 Å². The summed E-state index contributed by atoms with van der Waals surface area (Å²) in [5, 5.41) is 0. The molecule has 1 heterocycles. The number of carbonyl (C=O) groups excluding carboxylic acids is 1. The zero-order valence-corrected chi connectivity index (χ0v) is 13.4. The second-order valence-corrected chi connectivity index (χ2v) is 7.77. The van der Waals surface area contributed by atoms with Crippen LogP contribution in [0.1, 0.15) is 51.9 Å². The summed E-state index contributed by atoms with van der Waals surface area (Å²) in [6, 6.07) is 0. The normalized spacial score (nSPS) is 28.2. The minimum atomic E-state index is -1.01. The summed E-state index contributed by atoms with van der Waals surface area (Å²) in [7, 11) is 0.361. The fraction of sp³-hybridized carbons (Fsp3) is 0.933. The van der Waals surface area contributed by atoms with Crippen molar-refractivity contribution in [1.29, 1.82) is 0 Å². The van der Waals surface area contributed by atoms with Crippen LogP contribution in [0.15, 0.2) is 0 Å². The molecule has 1 aliphatic carbocycles. The van der Waals surface area contributed by atoms with Crippen LogP contribution in [0.4, 0.5) is 0 Å². The summed E-state index contributed by atoms with van der Waals surface area (Å²) in [5.74, 6) is 0.350. The fourth-order valence-corrected chi connectivity index (χ4v) is 4.88. The number of esters is 1. The van der Waals surface area contributed by atoms with E-state index in [-0.39, 0.29) is 23.6 Å². The Labute approximate surface area is 124 Å². The Bertz CT molecular complexity index is 363. The molecule has 1 spiro atoms. The average molecular weight is 302 g/mol. The van der Waals surface area contributed by atoms with Gasteiger partial charge >= 0.3 is 5.97 Å². The van der Waals surface area contributed by atoms with Crippen molar-refractivity contribution in [2.45, 2.75) is 63.6 Å². The highest BCUT2D eigenvalue weighted by Gasteiger charge is 2.41. The monoisotopic (exact) mass is 302 g/mol. The zero-order chi connectivity index (χ0) is 14.6. The van der Waals surface area contributed by atoms with E-state index in [4.69, 9.17) is 4.74 Å². The minimum Gasteiger partial charge on any atom is -0.469 e. The van der Waals surface area contributed by atoms with E-state index in [1.54, 1.807) is 6.92 Å². The van der Waals surface area contributed by atoms with Crippen LogP contribution in [0.5, 0.6) is 0 Å². The molecule has 1 aliphatic heterocycles. The number of hydrogen-bond donors (Lipinski definition) is 0. The lowest BCUT2D eigenvalue weighted by Gasteiger charge is -2.33. The minimum absolute atomic E-state index is 0.0844. The van der Waals surface area contributed by atoms with Crippen molar-refractivity contribution < 1.29 is 18.5 Å². The molecule has 5 heteroatoms. The molecule has 0 amide bonds. The van der Waals surface area contributed by atoms with Crippen LogP contribution in [-0.2, 0) is 25.1 Å². The van der Waals surface area contributed by atoms with Gasteiger partial charge in [0, 0.05) is 22.3 Å². The topological polar surface area (TPSA) is 52.6 Å². The predicted octanol–water partition coefficient (Wildman–Crippen LogP) is 2.43. The van der Waals surface area contributed by atoms with Gasteiger partial charge in [0.1, 0.15) is 0 Å². The highest BCUT2D eigenvalue weighted by atomic mass is 32.2. The second kappa shape index (κ2) is 7.03. The van der Waals surface area contributed by atoms with Gasteiger partial charge in [-0.15, -0.1) is 0 Å². The third-order valence-electron chi connectivity index (χ3n) is 4.51. The molecular formula is C15H26O4S. The molecule has 0 aromatic heterocycles. The summed E-state index contributed by atoms with van der Waals surface area (Å²) in [5.41, 5.74) is 0.0844. The summed E-state index contributed by atoms with van der Waals surface area (Å²) in [4.78, 5) is 11.3. The maximum Gasteiger partial charge on any atom is 0.309 e. The molecular weight excluding hydrogens is 276 g/mol. The highest BCUT2D eigenvalue weighted by molar-refractivity contribution is 7.85. The van der Waals surface area contributed by atoms with Crippen LogP contribution in [0, 0.1) is 5.92 Å². The molecule has 0 N–H and O–H groups in total. The first-order valence-electron chi connectivity index (χ1n) is 7.65. The SMILES string of the molecule is COC(=O)C(C)CS(=O)CC1CCC2(CCCCC2)O1. The van der Waals surface area contributed by atoms with Gasteiger partial charge < -0.3 is 9.47 Å². The van der Waals surface area contributed by atoms with E-state index < -0.39 is 10.8 Å². The highest BCUT2D eigenvalue weighted by Crippen LogP contribution is 2.42. The van der Waals surface area contributed by atoms with Crippen LogP contribution < -0.4 is 0 Å². The lowest BCUT2D eigenvalue weighted by Crippen LogP contribution is -2.33. The van der Waals surface area contributed by atoms with Crippen LogP contribution in [0.3, 0.4) is 0 Å². The van der Waals surface area contributed by atoms with Gasteiger partial charge in [-0.05, 0) is 25.7 Å². The largest absolute Gasteiger partial charge is 0.469 e. The Hall–Kier alpha value is -0.420. The first-order chi connectivity index (χ1) is 9.54. The molecule has 0 bridgehead atoms. The molecule has 0 aromatic rings. The molecule has 3 unspecified atom stereocenters. The number of carbonyl (C=O) groups is 1. The van der Waals surface area contributed by atoms with Gasteiger partial charge in [-0.2, -0.15) is 0 Å². The standard InChI is InChI=1S/C15H26O4S/c1-12(14(16)18-2)10-20(17)11-13-6-9-15(19-13)7-4-3-5-8-15/h12-13H,3-11H2,1-2H3. The zero-order valence-electron chi connectivity index (χ0n) is 12.6. The number of ether oxygens (including phenoxy) is 2. The third-order valence-corrected chi connectivity index (χ3v) is 6.13. The predicted molar refractivity (Wildman–Crippen MR) is 79.0 cm³/mol. The van der Waals surface area contributed by atoms with Gasteiger partial charge in [-0.25, -0.2) is 0 Å². The summed E-state index contributed by atoms with van der Waals surface area (Å²) in [6.07, 6.45) is 8.39. The molecule has 1 saturated carbocycles. The van der Waals surface area contributed by atoms with Crippen molar-refractivity contribution in [3.8, 4) is 0 Å². The molecule has 1 saturated heterocycles. The summed E-state index contributed by atoms with van der Waals surface area (Å²) in [6.45, 7) is 1.77. The average Bonchev–Trinajstić information content (AvgIpc) is 2.80. The van der Waals surface area contributed by atoms with Gasteiger partial charge in [0.25, 0.3) is 0 Å². The van der Waals surface area contributed by atoms with E-state index in [0.717, 1.165) is 25.7 Å². The lowest BCUT2D eigenvalue weighted by molar-refractivity contribution is -0.144. The molecule has 2 fully saturated rings. The Kier molecular flexibility index (Phi) is 5.61. The molecule has 0 radical (unpaired) electrons. The van der Waals surface area contributed by atoms with E-state index in [2.05, 4.69) is 4.74 Å². The molecule has 4 nitrogen and oxygen atoms in total. The number of rotatable bonds is 5. The van der Waals surface area contributed by atoms with E-state index in [1.165, 1.54) is 26.4 Å². The Morgan fingerprint density at radius 1 is 1.35 bits per heavy atom. The lowest BCUT2D eigenvalue weighted by atomic mass is 9.83. The van der Waals surface area contributed by atoms with Crippen molar-refractivity contribution in [1.82, 2.24) is 0 Å². The van der Waals surface area contributed by atoms with Crippen LogP contribution in [0.25, 0.3) is 0 Å². The van der Waals surface area contributed by atoms with Gasteiger partial charge in [0.15, 0.2) is 0 Å². The Morgan fingerprint density at radius 3 is 2.70 bits per heavy atom. The van der Waals surface area contributed by atoms with Crippen molar-refractivity contribution in [2.24, 2.45) is 5.92 Å². The first kappa shape index (κ1) is 16.0. The molecule has 20 heavy (non-hydrogen) atoms. The van der Waals surface area contributed by atoms with Crippen molar-refractivity contribution in [3.63, 3.8) is 0 Å². The van der Waals surface area contributed by atoms with E-state index >= 15 is 0 Å². The second-order valence-electron chi connectivity index (χ2n) is 6.22. The summed E-state index contributed by atoms with van der Waals surface area (Å²) < 4.78 is 23.0. The van der Waals surface area contributed by atoms with Gasteiger partial charge in [0.2, 0.25) is 0 Å². The van der Waals surface area contributed by atoms with E-state index in [1.807, 2.05) is 0 Å². The van der Waals surface area contributed by atoms with Crippen molar-refractivity contribution in [3.05, 3.63) is 0 Å². The van der Waals surface area contributed by atoms with Gasteiger partial charge in [-0.3, -0.25) is 9.00 Å². The summed E-state index contributed by atoms with van der Waals surface area (Å²) >= 11 is 0. The number of hydrogen-bond acceptors (Lipinski definition) is 4. The fourth-order valence-electron chi connectivity index (χ4n) is 3.40. The van der Waals surface area contributed by atoms with Crippen molar-refractivity contribution >= 4 is 16.8 Å². The molecule has 0 aromatic carbocycles. The maximum atomic E-state index is 12.1. The van der Waals surface area contributed by atoms with Gasteiger partial charge in [-0.1, -0.05) is 26.2 Å². The molecule has 2 aliphatic rings. The molecule has 3 atom stereocenters. The Morgan fingerprint density at radius 2 is 2.05 bits per heavy atom. The smallest absolute Gasteiger partial charge is 0.309 e. The molecule has 116 valence electrons. The Balaban J connectivity index is 1.77. The quantitative estimate of drug-likeness (QED) is 0.732. The van der Waals surface area contributed by atoms with E-state index in [9.17, 15) is 9.00 Å². The first-order valence-corrected chi connectivity index (χ1v) is 9.14. The van der Waals surface area contributed by atoms with Gasteiger partial charge in [0.05, 0.1) is 24.7 Å². The van der Waals surface area contributed by atoms with Crippen LogP contribution >= 0.6 is 0 Å². The van der Waals surface area contributed by atoms with E-state index in [0.29, 0.717) is 11.5 Å². The number of methoxy groups -OCH3 is 1.